The van der Waals surface area contributed by atoms with Gasteiger partial charge in [-0.25, -0.2) is 0 Å². The van der Waals surface area contributed by atoms with Crippen molar-refractivity contribution in [2.24, 2.45) is 4.99 Å². The lowest BCUT2D eigenvalue weighted by Gasteiger charge is -2.22. The molecule has 0 radical (unpaired) electrons. The summed E-state index contributed by atoms with van der Waals surface area (Å²) in [5, 5.41) is 9.73. The van der Waals surface area contributed by atoms with E-state index in [1.54, 1.807) is 7.11 Å². The zero-order valence-corrected chi connectivity index (χ0v) is 20.4. The molecule has 1 aliphatic carbocycles. The molecule has 0 saturated heterocycles. The van der Waals surface area contributed by atoms with Crippen molar-refractivity contribution in [3.63, 3.8) is 0 Å². The summed E-state index contributed by atoms with van der Waals surface area (Å²) in [6, 6.07) is 6.58. The van der Waals surface area contributed by atoms with Gasteiger partial charge in [0.1, 0.15) is 5.75 Å². The first-order chi connectivity index (χ1) is 13.6. The molecule has 0 bridgehead atoms. The fraction of sp³-hybridized carbons (Fsp3) is 0.636. The van der Waals surface area contributed by atoms with Gasteiger partial charge < -0.3 is 20.7 Å². The summed E-state index contributed by atoms with van der Waals surface area (Å²) in [5.74, 6) is 1.77. The summed E-state index contributed by atoms with van der Waals surface area (Å²) in [6.07, 6.45) is 7.24. The number of aliphatic imine (C=N–C) groups is 1. The van der Waals surface area contributed by atoms with Gasteiger partial charge in [0, 0.05) is 25.6 Å². The predicted molar refractivity (Wildman–Crippen MR) is 130 cm³/mol. The highest BCUT2D eigenvalue weighted by atomic mass is 127. The highest BCUT2D eigenvalue weighted by molar-refractivity contribution is 14.0. The molecule has 6 nitrogen and oxygen atoms in total. The van der Waals surface area contributed by atoms with E-state index in [0.29, 0.717) is 19.0 Å². The van der Waals surface area contributed by atoms with E-state index in [2.05, 4.69) is 40.0 Å². The Kier molecular flexibility index (Phi) is 12.7. The van der Waals surface area contributed by atoms with Crippen molar-refractivity contribution in [3.05, 3.63) is 29.3 Å². The fourth-order valence-electron chi connectivity index (χ4n) is 3.58. The third-order valence-corrected chi connectivity index (χ3v) is 5.05. The summed E-state index contributed by atoms with van der Waals surface area (Å²) >= 11 is 0. The number of guanidine groups is 1. The molecule has 1 aliphatic rings. The summed E-state index contributed by atoms with van der Waals surface area (Å²) in [4.78, 5) is 16.7. The number of carbonyl (C=O) groups is 1. The number of nitrogens with one attached hydrogen (secondary N) is 3. The van der Waals surface area contributed by atoms with Crippen molar-refractivity contribution in [1.82, 2.24) is 16.0 Å². The molecule has 1 aromatic carbocycles. The summed E-state index contributed by atoms with van der Waals surface area (Å²) in [6.45, 7) is 6.15. The average molecular weight is 516 g/mol. The molecule has 1 amide bonds. The molecule has 2 rings (SSSR count). The molecule has 0 atom stereocenters. The Morgan fingerprint density at radius 3 is 2.66 bits per heavy atom. The van der Waals surface area contributed by atoms with Gasteiger partial charge in [0.25, 0.3) is 0 Å². The highest BCUT2D eigenvalue weighted by Crippen LogP contribution is 2.19. The molecule has 0 aliphatic heterocycles. The number of ether oxygens (including phenoxy) is 1. The van der Waals surface area contributed by atoms with Crippen LogP contribution < -0.4 is 20.7 Å². The fourth-order valence-corrected chi connectivity index (χ4v) is 3.58. The number of benzene rings is 1. The number of methoxy groups -OCH3 is 1. The Morgan fingerprint density at radius 1 is 1.21 bits per heavy atom. The van der Waals surface area contributed by atoms with Gasteiger partial charge in [0.2, 0.25) is 5.91 Å². The van der Waals surface area contributed by atoms with Crippen LogP contribution in [0.1, 0.15) is 56.6 Å². The van der Waals surface area contributed by atoms with E-state index >= 15 is 0 Å². The summed E-state index contributed by atoms with van der Waals surface area (Å²) < 4.78 is 5.44. The van der Waals surface area contributed by atoms with E-state index in [1.165, 1.54) is 30.4 Å². The Morgan fingerprint density at radius 2 is 1.97 bits per heavy atom. The van der Waals surface area contributed by atoms with Crippen LogP contribution in [0.25, 0.3) is 0 Å². The summed E-state index contributed by atoms with van der Waals surface area (Å²) in [7, 11) is 1.70. The highest BCUT2D eigenvalue weighted by Gasteiger charge is 2.15. The standard InChI is InChI=1S/C22H36N4O2.HI/c1-4-23-22(24-14-12-18-16-17(2)10-11-20(18)28-3)25-15-13-21(27)26-19-8-6-5-7-9-19;/h10-11,16,19H,4-9,12-15H2,1-3H3,(H,26,27)(H2,23,24,25);1H. The van der Waals surface area contributed by atoms with Crippen LogP contribution in [0.3, 0.4) is 0 Å². The first-order valence-electron chi connectivity index (χ1n) is 10.6. The minimum atomic E-state index is 0. The van der Waals surface area contributed by atoms with Crippen LogP contribution in [-0.2, 0) is 11.2 Å². The van der Waals surface area contributed by atoms with E-state index < -0.39 is 0 Å². The van der Waals surface area contributed by atoms with Gasteiger partial charge in [0.15, 0.2) is 5.96 Å². The first kappa shape index (κ1) is 25.5. The zero-order chi connectivity index (χ0) is 20.2. The lowest BCUT2D eigenvalue weighted by Crippen LogP contribution is -2.39. The Bertz CT molecular complexity index is 646. The van der Waals surface area contributed by atoms with Crippen LogP contribution in [-0.4, -0.2) is 44.7 Å². The van der Waals surface area contributed by atoms with Gasteiger partial charge in [0.05, 0.1) is 13.7 Å². The molecular weight excluding hydrogens is 479 g/mol. The van der Waals surface area contributed by atoms with Crippen molar-refractivity contribution in [1.29, 1.82) is 0 Å². The number of hydrogen-bond donors (Lipinski definition) is 3. The monoisotopic (exact) mass is 516 g/mol. The lowest BCUT2D eigenvalue weighted by atomic mass is 9.95. The van der Waals surface area contributed by atoms with Crippen molar-refractivity contribution in [2.45, 2.75) is 64.8 Å². The van der Waals surface area contributed by atoms with E-state index in [4.69, 9.17) is 4.74 Å². The van der Waals surface area contributed by atoms with Crippen molar-refractivity contribution < 1.29 is 9.53 Å². The van der Waals surface area contributed by atoms with Gasteiger partial charge in [-0.2, -0.15) is 0 Å². The zero-order valence-electron chi connectivity index (χ0n) is 18.1. The van der Waals surface area contributed by atoms with E-state index in [9.17, 15) is 4.79 Å². The van der Waals surface area contributed by atoms with Crippen molar-refractivity contribution in [2.75, 3.05) is 26.7 Å². The molecule has 0 unspecified atom stereocenters. The van der Waals surface area contributed by atoms with Crippen LogP contribution >= 0.6 is 24.0 Å². The van der Waals surface area contributed by atoms with Gasteiger partial charge in [-0.1, -0.05) is 37.0 Å². The molecule has 1 fully saturated rings. The maximum absolute atomic E-state index is 12.1. The molecule has 7 heteroatoms. The number of carbonyl (C=O) groups excluding carboxylic acids is 1. The van der Waals surface area contributed by atoms with Crippen LogP contribution in [0, 0.1) is 6.92 Å². The second-order valence-corrected chi connectivity index (χ2v) is 7.41. The molecular formula is C22H37IN4O2. The minimum absolute atomic E-state index is 0. The molecule has 3 N–H and O–H groups in total. The molecule has 0 aromatic heterocycles. The van der Waals surface area contributed by atoms with Crippen molar-refractivity contribution in [3.8, 4) is 5.75 Å². The van der Waals surface area contributed by atoms with Crippen LogP contribution in [0.2, 0.25) is 0 Å². The Balaban J connectivity index is 0.00000420. The number of aryl methyl sites for hydroxylation is 1. The largest absolute Gasteiger partial charge is 0.496 e. The number of amides is 1. The third-order valence-electron chi connectivity index (χ3n) is 5.05. The van der Waals surface area contributed by atoms with Gasteiger partial charge in [-0.15, -0.1) is 24.0 Å². The van der Waals surface area contributed by atoms with Gasteiger partial charge in [-0.05, 0) is 44.7 Å². The number of halogens is 1. The predicted octanol–water partition coefficient (Wildman–Crippen LogP) is 3.56. The average Bonchev–Trinajstić information content (AvgIpc) is 2.69. The molecule has 164 valence electrons. The second-order valence-electron chi connectivity index (χ2n) is 7.41. The first-order valence-corrected chi connectivity index (χ1v) is 10.6. The molecule has 1 aromatic rings. The molecule has 1 saturated carbocycles. The number of rotatable bonds is 9. The molecule has 0 heterocycles. The Labute approximate surface area is 192 Å². The maximum atomic E-state index is 12.1. The van der Waals surface area contributed by atoms with Gasteiger partial charge >= 0.3 is 0 Å². The normalized spacial score (nSPS) is 14.7. The second kappa shape index (κ2) is 14.5. The summed E-state index contributed by atoms with van der Waals surface area (Å²) in [5.41, 5.74) is 2.40. The molecule has 0 spiro atoms. The lowest BCUT2D eigenvalue weighted by molar-refractivity contribution is -0.121. The van der Waals surface area contributed by atoms with E-state index in [0.717, 1.165) is 44.1 Å². The topological polar surface area (TPSA) is 74.8 Å². The third kappa shape index (κ3) is 9.69. The van der Waals surface area contributed by atoms with E-state index in [1.807, 2.05) is 13.0 Å². The maximum Gasteiger partial charge on any atom is 0.222 e. The Hall–Kier alpha value is -1.51. The van der Waals surface area contributed by atoms with E-state index in [-0.39, 0.29) is 29.9 Å². The van der Waals surface area contributed by atoms with Crippen molar-refractivity contribution >= 4 is 35.8 Å². The van der Waals surface area contributed by atoms with Gasteiger partial charge in [-0.3, -0.25) is 9.79 Å². The number of nitrogens with zero attached hydrogens (tertiary/aromatic N) is 1. The van der Waals surface area contributed by atoms with Crippen LogP contribution in [0.4, 0.5) is 0 Å². The number of hydrogen-bond acceptors (Lipinski definition) is 3. The minimum Gasteiger partial charge on any atom is -0.496 e. The smallest absolute Gasteiger partial charge is 0.222 e. The SMILES string of the molecule is CCNC(=NCCC(=O)NC1CCCCC1)NCCc1cc(C)ccc1OC.I. The van der Waals surface area contributed by atoms with Crippen LogP contribution in [0.5, 0.6) is 5.75 Å². The molecule has 29 heavy (non-hydrogen) atoms. The quantitative estimate of drug-likeness (QED) is 0.267. The van der Waals surface area contributed by atoms with Crippen LogP contribution in [0.15, 0.2) is 23.2 Å².